The quantitative estimate of drug-likeness (QED) is 0.812. The van der Waals surface area contributed by atoms with Gasteiger partial charge in [-0.25, -0.2) is 8.42 Å². The number of carbonyl (C=O) groups is 1. The molecule has 2 unspecified atom stereocenters. The molecule has 1 aromatic carbocycles. The maximum Gasteiger partial charge on any atom is 0.391 e. The fraction of sp³-hybridized carbons (Fsp3) is 0.529. The molecule has 6 nitrogen and oxygen atoms in total. The first-order valence-corrected chi connectivity index (χ1v) is 10.1. The second-order valence-electron chi connectivity index (χ2n) is 6.87. The average molecular weight is 403 g/mol. The largest absolute Gasteiger partial charge is 0.391 e. The number of carbonyl (C=O) groups excluding carboxylic acids is 1. The van der Waals surface area contributed by atoms with E-state index in [4.69, 9.17) is 0 Å². The number of nitrogens with one attached hydrogen (secondary N) is 2. The van der Waals surface area contributed by atoms with Crippen LogP contribution in [0, 0.1) is 5.92 Å². The number of sulfonamides is 1. The zero-order valence-electron chi connectivity index (χ0n) is 14.6. The minimum absolute atomic E-state index is 0.0602. The Kier molecular flexibility index (Phi) is 5.20. The number of hydrogen-bond donors (Lipinski definition) is 2. The molecule has 0 aromatic heterocycles. The van der Waals surface area contributed by atoms with Gasteiger partial charge in [0, 0.05) is 11.6 Å². The van der Waals surface area contributed by atoms with E-state index in [0.29, 0.717) is 18.4 Å². The van der Waals surface area contributed by atoms with E-state index in [1.54, 1.807) is 18.2 Å². The molecular formula is C17H20F3N3O3S. The summed E-state index contributed by atoms with van der Waals surface area (Å²) in [5.74, 6) is -1.88. The molecule has 3 atom stereocenters. The summed E-state index contributed by atoms with van der Waals surface area (Å²) in [6.45, 7) is 1.47. The van der Waals surface area contributed by atoms with E-state index in [0.717, 1.165) is 0 Å². The topological polar surface area (TPSA) is 87.6 Å². The molecular weight excluding hydrogens is 383 g/mol. The first-order chi connectivity index (χ1) is 12.6. The fourth-order valence-corrected chi connectivity index (χ4v) is 4.66. The van der Waals surface area contributed by atoms with E-state index in [9.17, 15) is 26.4 Å². The molecule has 2 N–H and O–H groups in total. The summed E-state index contributed by atoms with van der Waals surface area (Å²) in [7, 11) is -3.71. The Hall–Kier alpha value is -2.10. The van der Waals surface area contributed by atoms with E-state index in [1.165, 1.54) is 13.0 Å². The van der Waals surface area contributed by atoms with Gasteiger partial charge in [-0.2, -0.15) is 13.2 Å². The van der Waals surface area contributed by atoms with Gasteiger partial charge in [0.2, 0.25) is 5.91 Å². The summed E-state index contributed by atoms with van der Waals surface area (Å²) in [6.07, 6.45) is -3.45. The van der Waals surface area contributed by atoms with Crippen LogP contribution in [0.3, 0.4) is 0 Å². The average Bonchev–Trinajstić information content (AvgIpc) is 2.85. The van der Waals surface area contributed by atoms with Crippen LogP contribution < -0.4 is 10.0 Å². The highest BCUT2D eigenvalue weighted by Gasteiger charge is 2.42. The number of fused-ring (bicyclic) bond motifs is 1. The predicted molar refractivity (Wildman–Crippen MR) is 92.7 cm³/mol. The molecule has 0 bridgehead atoms. The molecule has 148 valence electrons. The lowest BCUT2D eigenvalue weighted by atomic mass is 9.85. The number of alkyl halides is 3. The van der Waals surface area contributed by atoms with Gasteiger partial charge in [0.1, 0.15) is 11.9 Å². The maximum atomic E-state index is 12.9. The Balaban J connectivity index is 1.69. The molecule has 10 heteroatoms. The van der Waals surface area contributed by atoms with E-state index < -0.39 is 40.1 Å². The summed E-state index contributed by atoms with van der Waals surface area (Å²) < 4.78 is 65.1. The van der Waals surface area contributed by atoms with Crippen molar-refractivity contribution in [1.29, 1.82) is 0 Å². The molecule has 2 aliphatic rings. The molecule has 3 rings (SSSR count). The number of hydrogen-bond acceptors (Lipinski definition) is 4. The van der Waals surface area contributed by atoms with Crippen molar-refractivity contribution in [3.63, 3.8) is 0 Å². The van der Waals surface area contributed by atoms with Crippen LogP contribution in [0.1, 0.15) is 38.2 Å². The molecule has 1 heterocycles. The number of halogens is 3. The van der Waals surface area contributed by atoms with E-state index >= 15 is 0 Å². The molecule has 0 radical (unpaired) electrons. The molecule has 1 aromatic rings. The van der Waals surface area contributed by atoms with Gasteiger partial charge in [0.05, 0.1) is 10.8 Å². The SMILES string of the molecule is C[C@H](N=C1NS(=O)(=O)c2ccccc21)C(=O)NC1CCCC(C(F)(F)F)C1. The van der Waals surface area contributed by atoms with Crippen molar-refractivity contribution in [1.82, 2.24) is 10.0 Å². The van der Waals surface area contributed by atoms with Crippen molar-refractivity contribution in [2.24, 2.45) is 10.9 Å². The van der Waals surface area contributed by atoms with Crippen molar-refractivity contribution in [3.8, 4) is 0 Å². The van der Waals surface area contributed by atoms with Crippen LogP contribution >= 0.6 is 0 Å². The van der Waals surface area contributed by atoms with Gasteiger partial charge in [-0.05, 0) is 38.3 Å². The molecule has 1 aliphatic heterocycles. The monoisotopic (exact) mass is 403 g/mol. The zero-order chi connectivity index (χ0) is 19.8. The second kappa shape index (κ2) is 7.14. The summed E-state index contributed by atoms with van der Waals surface area (Å²) in [4.78, 5) is 16.6. The van der Waals surface area contributed by atoms with Gasteiger partial charge in [-0.1, -0.05) is 18.6 Å². The molecule has 0 spiro atoms. The number of rotatable bonds is 3. The van der Waals surface area contributed by atoms with Crippen LogP contribution in [0.25, 0.3) is 0 Å². The van der Waals surface area contributed by atoms with Crippen molar-refractivity contribution < 1.29 is 26.4 Å². The van der Waals surface area contributed by atoms with Crippen molar-refractivity contribution in [2.75, 3.05) is 0 Å². The lowest BCUT2D eigenvalue weighted by molar-refractivity contribution is -0.184. The number of amidine groups is 1. The Morgan fingerprint density at radius 1 is 1.30 bits per heavy atom. The van der Waals surface area contributed by atoms with Crippen LogP contribution in [0.2, 0.25) is 0 Å². The van der Waals surface area contributed by atoms with Crippen LogP contribution in [-0.4, -0.2) is 38.4 Å². The van der Waals surface area contributed by atoms with E-state index in [1.807, 2.05) is 0 Å². The summed E-state index contributed by atoms with van der Waals surface area (Å²) in [6, 6.07) is 4.74. The zero-order valence-corrected chi connectivity index (χ0v) is 15.4. The minimum Gasteiger partial charge on any atom is -0.352 e. The van der Waals surface area contributed by atoms with Crippen LogP contribution in [0.4, 0.5) is 13.2 Å². The molecule has 27 heavy (non-hydrogen) atoms. The lowest BCUT2D eigenvalue weighted by Gasteiger charge is -2.31. The number of benzene rings is 1. The summed E-state index contributed by atoms with van der Waals surface area (Å²) >= 11 is 0. The van der Waals surface area contributed by atoms with Crippen LogP contribution in [-0.2, 0) is 14.8 Å². The Morgan fingerprint density at radius 2 is 2.00 bits per heavy atom. The van der Waals surface area contributed by atoms with Gasteiger partial charge >= 0.3 is 6.18 Å². The third-order valence-electron chi connectivity index (χ3n) is 4.85. The fourth-order valence-electron chi connectivity index (χ4n) is 3.42. The lowest BCUT2D eigenvalue weighted by Crippen LogP contribution is -2.44. The summed E-state index contributed by atoms with van der Waals surface area (Å²) in [5, 5.41) is 2.62. The number of aliphatic imine (C=N–C) groups is 1. The third-order valence-corrected chi connectivity index (χ3v) is 6.25. The van der Waals surface area contributed by atoms with Crippen molar-refractivity contribution >= 4 is 21.8 Å². The Bertz CT molecular complexity index is 868. The first kappa shape index (κ1) is 19.7. The van der Waals surface area contributed by atoms with Crippen LogP contribution in [0.5, 0.6) is 0 Å². The third kappa shape index (κ3) is 4.26. The highest BCUT2D eigenvalue weighted by Crippen LogP contribution is 2.37. The molecule has 1 aliphatic carbocycles. The van der Waals surface area contributed by atoms with Gasteiger partial charge in [0.25, 0.3) is 10.0 Å². The first-order valence-electron chi connectivity index (χ1n) is 8.65. The van der Waals surface area contributed by atoms with E-state index in [-0.39, 0.29) is 23.6 Å². The second-order valence-corrected chi connectivity index (χ2v) is 8.52. The molecule has 1 fully saturated rings. The molecule has 1 saturated carbocycles. The standard InChI is InChI=1S/C17H20F3N3O3S/c1-10(16(24)22-12-6-4-5-11(9-12)17(18,19)20)21-15-13-7-2-3-8-14(13)27(25,26)23-15/h2-3,7-8,10-12H,4-6,9H2,1H3,(H,21,23)(H,22,24)/t10-,11?,12?/m0/s1. The number of nitrogens with zero attached hydrogens (tertiary/aromatic N) is 1. The van der Waals surface area contributed by atoms with Gasteiger partial charge < -0.3 is 5.32 Å². The highest BCUT2D eigenvalue weighted by molar-refractivity contribution is 7.90. The van der Waals surface area contributed by atoms with Crippen molar-refractivity contribution in [2.45, 2.75) is 55.8 Å². The maximum absolute atomic E-state index is 12.9. The highest BCUT2D eigenvalue weighted by atomic mass is 32.2. The normalized spacial score (nSPS) is 26.9. The molecule has 1 amide bonds. The Labute approximate surface area is 155 Å². The minimum atomic E-state index is -4.26. The van der Waals surface area contributed by atoms with Gasteiger partial charge in [0.15, 0.2) is 0 Å². The summed E-state index contributed by atoms with van der Waals surface area (Å²) in [5.41, 5.74) is 0.368. The smallest absolute Gasteiger partial charge is 0.352 e. The van der Waals surface area contributed by atoms with Gasteiger partial charge in [-0.15, -0.1) is 0 Å². The van der Waals surface area contributed by atoms with Gasteiger partial charge in [-0.3, -0.25) is 14.5 Å². The van der Waals surface area contributed by atoms with Crippen molar-refractivity contribution in [3.05, 3.63) is 29.8 Å². The Morgan fingerprint density at radius 3 is 2.70 bits per heavy atom. The van der Waals surface area contributed by atoms with E-state index in [2.05, 4.69) is 15.0 Å². The molecule has 0 saturated heterocycles. The predicted octanol–water partition coefficient (Wildman–Crippen LogP) is 2.35. The van der Waals surface area contributed by atoms with Crippen LogP contribution in [0.15, 0.2) is 34.2 Å². The number of amides is 1.